The molecule has 22 heterocycles. The number of ether oxygens (including phenoxy) is 13. The van der Waals surface area contributed by atoms with Crippen LogP contribution in [-0.4, -0.2) is 329 Å². The van der Waals surface area contributed by atoms with Gasteiger partial charge in [-0.1, -0.05) is 13.3 Å². The van der Waals surface area contributed by atoms with E-state index in [9.17, 15) is 99.8 Å². The van der Waals surface area contributed by atoms with Gasteiger partial charge in [0.2, 0.25) is 0 Å². The summed E-state index contributed by atoms with van der Waals surface area (Å²) in [6, 6.07) is 0. The fraction of sp³-hybridized carbons (Fsp3) is 1.00. The van der Waals surface area contributed by atoms with Crippen LogP contribution in [0.25, 0.3) is 0 Å². The maximum atomic E-state index is 12.6. The van der Waals surface area contributed by atoms with Gasteiger partial charge in [0.05, 0.1) is 39.6 Å². The predicted octanol–water partition coefficient (Wildman–Crippen LogP) is -12.0. The van der Waals surface area contributed by atoms with Crippen molar-refractivity contribution in [1.29, 1.82) is 0 Å². The highest BCUT2D eigenvalue weighted by Gasteiger charge is 2.59. The van der Waals surface area contributed by atoms with Gasteiger partial charge in [-0.25, -0.2) is 0 Å². The zero-order valence-corrected chi connectivity index (χ0v) is 40.0. The van der Waals surface area contributed by atoms with Crippen LogP contribution in [0.15, 0.2) is 0 Å². The Labute approximate surface area is 420 Å². The topological polar surface area (TPSA) is 518 Å². The highest BCUT2D eigenvalue weighted by Crippen LogP contribution is 2.39. The molecule has 18 N–H and O–H groups in total. The first-order chi connectivity index (χ1) is 35.1. The molecule has 22 aliphatic heterocycles. The van der Waals surface area contributed by atoms with E-state index in [4.69, 9.17) is 61.6 Å². The summed E-state index contributed by atoms with van der Waals surface area (Å²) in [4.78, 5) is 0. The lowest BCUT2D eigenvalue weighted by Crippen LogP contribution is -2.69. The second kappa shape index (κ2) is 25.4. The summed E-state index contributed by atoms with van der Waals surface area (Å²) in [5.41, 5.74) is -2.15. The van der Waals surface area contributed by atoms with Crippen LogP contribution in [-0.2, 0) is 71.7 Å². The Morgan fingerprint density at radius 1 is 0.351 bits per heavy atom. The number of hydrogen-bond donors (Lipinski definition) is 18. The number of aliphatic hydroxyl groups excluding tert-OH is 17. The summed E-state index contributed by atoms with van der Waals surface area (Å²) in [7, 11) is -5.14. The van der Waals surface area contributed by atoms with Crippen LogP contribution in [0.3, 0.4) is 0 Å². The van der Waals surface area contributed by atoms with Crippen LogP contribution >= 0.6 is 0 Å². The van der Waals surface area contributed by atoms with Crippen molar-refractivity contribution in [3.05, 3.63) is 0 Å². The normalized spacial score (nSPS) is 51.3. The van der Waals surface area contributed by atoms with Crippen molar-refractivity contribution in [3.8, 4) is 0 Å². The zero-order chi connectivity index (χ0) is 54.2. The largest absolute Gasteiger partial charge is 0.394 e. The number of rotatable bonds is 11. The van der Waals surface area contributed by atoms with Crippen LogP contribution < -0.4 is 0 Å². The predicted molar refractivity (Wildman–Crippen MR) is 225 cm³/mol. The Morgan fingerprint density at radius 2 is 0.568 bits per heavy atom. The molecule has 0 aliphatic carbocycles. The van der Waals surface area contributed by atoms with E-state index >= 15 is 0 Å². The summed E-state index contributed by atoms with van der Waals surface area (Å²) in [6.45, 7) is -4.91. The Kier molecular flexibility index (Phi) is 20.8. The van der Waals surface area contributed by atoms with Gasteiger partial charge in [0.25, 0.3) is 10.1 Å². The molecule has 432 valence electrons. The summed E-state index contributed by atoms with van der Waals surface area (Å²) < 4.78 is 110. The van der Waals surface area contributed by atoms with E-state index < -0.39 is 246 Å². The molecule has 22 aliphatic rings. The van der Waals surface area contributed by atoms with E-state index in [0.29, 0.717) is 0 Å². The van der Waals surface area contributed by atoms with Gasteiger partial charge in [-0.05, 0) is 6.42 Å². The SMILES string of the molecule is CCCC(O[C@@H]1[C@@H](O)[C@H]2O[C@H]3[C@H](O)[C@@H](O)[C@@H](O[C@H]4[C@H](O)[C@@H](O)[C@@H](O[C@H]5[C@H](O)[C@@H](O)[C@@H](O[C@H]6[C@H](O)[C@@H](O)[C@@H](O[C@H]7[C@H](O)[C@@H](O)[C@@H](O[C@H]1[C@@H](CO)O2)O[C@@H]7CO)O[C@@H]6CO)O[C@@H]5CO)O[C@@H]4CO)O[C@@H]3CO)S(=O)(=O)O. The molecule has 0 amide bonds. The quantitative estimate of drug-likeness (QED) is 0.0854. The maximum absolute atomic E-state index is 12.6. The molecule has 0 aromatic carbocycles. The summed E-state index contributed by atoms with van der Waals surface area (Å²) >= 11 is 0. The first-order valence-corrected chi connectivity index (χ1v) is 25.2. The highest BCUT2D eigenvalue weighted by atomic mass is 32.2. The van der Waals surface area contributed by atoms with E-state index in [-0.39, 0.29) is 6.42 Å². The van der Waals surface area contributed by atoms with Crippen LogP contribution in [0.5, 0.6) is 0 Å². The minimum absolute atomic E-state index is 0.0348. The molecule has 0 aromatic heterocycles. The molecule has 0 aromatic rings. The average molecular weight is 1110 g/mol. The van der Waals surface area contributed by atoms with Crippen molar-refractivity contribution in [2.24, 2.45) is 0 Å². The van der Waals surface area contributed by atoms with Gasteiger partial charge in [-0.15, -0.1) is 0 Å². The van der Waals surface area contributed by atoms with Crippen molar-refractivity contribution >= 4 is 10.1 Å². The molecule has 12 bridgehead atoms. The van der Waals surface area contributed by atoms with Gasteiger partial charge in [-0.3, -0.25) is 4.55 Å². The highest BCUT2D eigenvalue weighted by molar-refractivity contribution is 7.86. The van der Waals surface area contributed by atoms with Gasteiger partial charge < -0.3 is 148 Å². The second-order valence-corrected chi connectivity index (χ2v) is 20.2. The Balaban J connectivity index is 1.24. The van der Waals surface area contributed by atoms with Gasteiger partial charge in [0, 0.05) is 0 Å². The lowest BCUT2D eigenvalue weighted by Gasteiger charge is -2.51. The van der Waals surface area contributed by atoms with E-state index in [2.05, 4.69) is 0 Å². The fourth-order valence-electron chi connectivity index (χ4n) is 9.77. The molecule has 31 atom stereocenters. The molecule has 22 saturated heterocycles. The number of hydrogen-bond acceptors (Lipinski definition) is 32. The van der Waals surface area contributed by atoms with Crippen molar-refractivity contribution in [2.75, 3.05) is 39.6 Å². The molecule has 0 spiro atoms. The molecule has 1 unspecified atom stereocenters. The standard InChI is InChI=1S/C40H68O33S/c1-2-3-16(74(58,59)60)67-34-27(57)40-66-15(9-46)33(34)73-39-26(56)21(51)31(13(7-44)65-39)71-37-24(54)19(49)29(11(5-42)63-37)69-35-22(52)17(47)28(10(4-41)61-35)68-36-23(53)18(48)30(12(6-43)62-36)70-38-25(55)20(50)32(72-40)14(8-45)64-38/h10-57H,2-9H2,1H3,(H,58,59,60)/t10-,11-,12-,13-,14-,15-,16?,17-,18-,19-,20-,21-,22-,23-,24-,25-,26-,27-,28-,29-,30-,31-,32-,33+,34-,35-,36-,37-,38-,39-,40-/m1/s1. The Bertz CT molecular complexity index is 1850. The summed E-state index contributed by atoms with van der Waals surface area (Å²) in [6.07, 6.45) is -61.5. The molecule has 34 heteroatoms. The number of aliphatic hydroxyl groups is 17. The lowest BCUT2D eigenvalue weighted by molar-refractivity contribution is -0.405. The fourth-order valence-corrected chi connectivity index (χ4v) is 10.6. The minimum Gasteiger partial charge on any atom is -0.394 e. The second-order valence-electron chi connectivity index (χ2n) is 18.7. The first kappa shape index (κ1) is 60.4. The van der Waals surface area contributed by atoms with Gasteiger partial charge in [0.15, 0.2) is 43.2 Å². The Morgan fingerprint density at radius 3 is 0.784 bits per heavy atom. The van der Waals surface area contributed by atoms with Crippen molar-refractivity contribution in [3.63, 3.8) is 0 Å². The van der Waals surface area contributed by atoms with Crippen molar-refractivity contribution in [2.45, 2.75) is 209 Å². The van der Waals surface area contributed by atoms with Gasteiger partial charge in [-0.2, -0.15) is 8.42 Å². The summed E-state index contributed by atoms with van der Waals surface area (Å²) in [5, 5.41) is 188. The third-order valence-electron chi connectivity index (χ3n) is 13.8. The van der Waals surface area contributed by atoms with Crippen LogP contribution in [0.1, 0.15) is 19.8 Å². The Hall–Kier alpha value is -1.29. The molecule has 74 heavy (non-hydrogen) atoms. The molecule has 0 saturated carbocycles. The lowest BCUT2D eigenvalue weighted by atomic mass is 9.94. The van der Waals surface area contributed by atoms with E-state index in [0.717, 1.165) is 0 Å². The van der Waals surface area contributed by atoms with Crippen LogP contribution in [0, 0.1) is 0 Å². The van der Waals surface area contributed by atoms with E-state index in [1.54, 1.807) is 0 Å². The third-order valence-corrected chi connectivity index (χ3v) is 14.8. The van der Waals surface area contributed by atoms with Crippen LogP contribution in [0.4, 0.5) is 0 Å². The maximum Gasteiger partial charge on any atom is 0.292 e. The van der Waals surface area contributed by atoms with Gasteiger partial charge >= 0.3 is 0 Å². The summed E-state index contributed by atoms with van der Waals surface area (Å²) in [5.74, 6) is 0. The third kappa shape index (κ3) is 12.2. The molecular formula is C40H68O33S. The molecule has 22 fully saturated rings. The molecular weight excluding hydrogens is 1040 g/mol. The zero-order valence-electron chi connectivity index (χ0n) is 39.1. The minimum atomic E-state index is -5.14. The molecule has 0 radical (unpaired) electrons. The van der Waals surface area contributed by atoms with Crippen LogP contribution in [0.2, 0.25) is 0 Å². The first-order valence-electron chi connectivity index (χ1n) is 23.7. The van der Waals surface area contributed by atoms with E-state index in [1.807, 2.05) is 0 Å². The van der Waals surface area contributed by atoms with E-state index in [1.165, 1.54) is 6.92 Å². The molecule has 33 nitrogen and oxygen atoms in total. The molecule has 22 rings (SSSR count). The monoisotopic (exact) mass is 1110 g/mol. The average Bonchev–Trinajstić information content (AvgIpc) is 3.37. The van der Waals surface area contributed by atoms with Gasteiger partial charge in [0.1, 0.15) is 146 Å². The van der Waals surface area contributed by atoms with Crippen molar-refractivity contribution in [1.82, 2.24) is 0 Å². The van der Waals surface area contributed by atoms with Crippen molar-refractivity contribution < 1.29 is 161 Å². The smallest absolute Gasteiger partial charge is 0.292 e.